The van der Waals surface area contributed by atoms with Crippen LogP contribution in [0.25, 0.3) is 0 Å². The van der Waals surface area contributed by atoms with Crippen LogP contribution in [0.4, 0.5) is 0 Å². The molecule has 0 radical (unpaired) electrons. The molecule has 1 aliphatic rings. The maximum atomic E-state index is 12.0. The summed E-state index contributed by atoms with van der Waals surface area (Å²) in [6.07, 6.45) is 0.0784. The summed E-state index contributed by atoms with van der Waals surface area (Å²) >= 11 is 0. The lowest BCUT2D eigenvalue weighted by Gasteiger charge is -2.36. The Morgan fingerprint density at radius 2 is 1.39 bits per heavy atom. The van der Waals surface area contributed by atoms with E-state index in [9.17, 15) is 37.5 Å². The summed E-state index contributed by atoms with van der Waals surface area (Å²) in [6.45, 7) is 5.99. The Morgan fingerprint density at radius 1 is 0.935 bits per heavy atom. The van der Waals surface area contributed by atoms with Crippen molar-refractivity contribution in [2.45, 2.75) is 76.0 Å². The molecule has 7 unspecified atom stereocenters. The third-order valence-electron chi connectivity index (χ3n) is 4.73. The van der Waals surface area contributed by atoms with Crippen molar-refractivity contribution in [3.63, 3.8) is 0 Å². The predicted octanol–water partition coefficient (Wildman–Crippen LogP) is 2.96. The first-order valence-corrected chi connectivity index (χ1v) is 17.2. The molecule has 31 heavy (non-hydrogen) atoms. The Bertz CT molecular complexity index is 832. The fraction of sp³-hybridized carbons (Fsp3) is 1.00. The molecule has 14 nitrogen and oxygen atoms in total. The molecular weight excluding hydrogens is 523 g/mol. The minimum atomic E-state index is -5.23. The van der Waals surface area contributed by atoms with Crippen LogP contribution in [0.2, 0.25) is 0 Å². The Balaban J connectivity index is 0.000000954. The Hall–Kier alpha value is 0.790. The van der Waals surface area contributed by atoms with E-state index in [1.807, 2.05) is 0 Å². The van der Waals surface area contributed by atoms with Gasteiger partial charge in [0.1, 0.15) is 0 Å². The summed E-state index contributed by atoms with van der Waals surface area (Å²) in [5.74, 6) is 0. The number of hydrogen-bond acceptors (Lipinski definition) is 7. The van der Waals surface area contributed by atoms with Crippen LogP contribution in [-0.2, 0) is 31.4 Å². The van der Waals surface area contributed by atoms with Gasteiger partial charge in [0.2, 0.25) is 0 Å². The minimum absolute atomic E-state index is 0.189. The first kappa shape index (κ1) is 31.8. The lowest BCUT2D eigenvalue weighted by atomic mass is 10.1. The Kier molecular flexibility index (Phi) is 11.8. The van der Waals surface area contributed by atoms with Crippen molar-refractivity contribution in [3.8, 4) is 0 Å². The van der Waals surface area contributed by atoms with Gasteiger partial charge in [-0.05, 0) is 25.7 Å². The summed E-state index contributed by atoms with van der Waals surface area (Å²) in [5.41, 5.74) is -4.01. The SMILES string of the molecule is CCC(C)P(=O)(O)O.CCC1CC(CC(C)P(=O)(O)OP(=O)(O)O)P(=O)(O)OP1(=O)O. The van der Waals surface area contributed by atoms with Gasteiger partial charge in [-0.15, -0.1) is 0 Å². The Labute approximate surface area is 180 Å². The quantitative estimate of drug-likeness (QED) is 0.213. The van der Waals surface area contributed by atoms with Gasteiger partial charge in [-0.1, -0.05) is 27.7 Å². The van der Waals surface area contributed by atoms with E-state index in [0.29, 0.717) is 6.42 Å². The van der Waals surface area contributed by atoms with Crippen LogP contribution in [0, 0.1) is 0 Å². The van der Waals surface area contributed by atoms with Gasteiger partial charge in [0.15, 0.2) is 0 Å². The molecular formula is C12H31O14P5. The molecule has 0 saturated carbocycles. The Morgan fingerprint density at radius 3 is 1.71 bits per heavy atom. The molecule has 0 amide bonds. The van der Waals surface area contributed by atoms with Gasteiger partial charge in [0, 0.05) is 0 Å². The van der Waals surface area contributed by atoms with E-state index in [4.69, 9.17) is 19.6 Å². The van der Waals surface area contributed by atoms with E-state index in [2.05, 4.69) is 8.62 Å². The molecule has 19 heteroatoms. The van der Waals surface area contributed by atoms with Crippen molar-refractivity contribution in [1.29, 1.82) is 0 Å². The maximum absolute atomic E-state index is 12.0. The molecule has 188 valence electrons. The van der Waals surface area contributed by atoms with E-state index in [1.165, 1.54) is 0 Å². The summed E-state index contributed by atoms with van der Waals surface area (Å²) < 4.78 is 64.9. The van der Waals surface area contributed by atoms with Crippen molar-refractivity contribution >= 4 is 38.2 Å². The molecule has 1 aliphatic heterocycles. The molecule has 1 rings (SSSR count). The lowest BCUT2D eigenvalue weighted by molar-refractivity contribution is 0.257. The van der Waals surface area contributed by atoms with Crippen molar-refractivity contribution < 1.29 is 65.7 Å². The fourth-order valence-corrected chi connectivity index (χ4v) is 10.2. The molecule has 0 spiro atoms. The summed E-state index contributed by atoms with van der Waals surface area (Å²) in [4.78, 5) is 63.0. The first-order chi connectivity index (χ1) is 13.6. The molecule has 0 bridgehead atoms. The molecule has 1 fully saturated rings. The average Bonchev–Trinajstić information content (AvgIpc) is 2.52. The van der Waals surface area contributed by atoms with Crippen LogP contribution in [0.1, 0.15) is 53.4 Å². The number of rotatable bonds is 8. The van der Waals surface area contributed by atoms with Gasteiger partial charge >= 0.3 is 38.2 Å². The van der Waals surface area contributed by atoms with Gasteiger partial charge in [-0.3, -0.25) is 18.3 Å². The molecule has 1 heterocycles. The molecule has 0 aromatic rings. The monoisotopic (exact) mass is 554 g/mol. The van der Waals surface area contributed by atoms with Crippen LogP contribution in [0.3, 0.4) is 0 Å². The third-order valence-corrected chi connectivity index (χ3v) is 14.1. The predicted molar refractivity (Wildman–Crippen MR) is 112 cm³/mol. The van der Waals surface area contributed by atoms with Crippen molar-refractivity contribution in [3.05, 3.63) is 0 Å². The van der Waals surface area contributed by atoms with Gasteiger partial charge < -0.3 is 34.3 Å². The smallest absolute Gasteiger partial charge is 0.324 e. The van der Waals surface area contributed by atoms with Gasteiger partial charge in [-0.25, -0.2) is 13.2 Å². The van der Waals surface area contributed by atoms with Crippen LogP contribution >= 0.6 is 38.2 Å². The minimum Gasteiger partial charge on any atom is -0.324 e. The second-order valence-electron chi connectivity index (χ2n) is 7.23. The highest BCUT2D eigenvalue weighted by Gasteiger charge is 2.52. The highest BCUT2D eigenvalue weighted by Crippen LogP contribution is 2.72. The lowest BCUT2D eigenvalue weighted by Crippen LogP contribution is -2.28. The van der Waals surface area contributed by atoms with Crippen molar-refractivity contribution in [2.75, 3.05) is 0 Å². The van der Waals surface area contributed by atoms with Crippen molar-refractivity contribution in [2.24, 2.45) is 0 Å². The fourth-order valence-electron chi connectivity index (χ4n) is 2.51. The van der Waals surface area contributed by atoms with Gasteiger partial charge in [0.05, 0.1) is 22.6 Å². The molecule has 0 aromatic heterocycles. The van der Waals surface area contributed by atoms with Gasteiger partial charge in [-0.2, -0.15) is 0 Å². The third kappa shape index (κ3) is 10.7. The van der Waals surface area contributed by atoms with Crippen LogP contribution in [0.15, 0.2) is 0 Å². The normalized spacial score (nSPS) is 33.5. The average molecular weight is 554 g/mol. The van der Waals surface area contributed by atoms with Crippen molar-refractivity contribution in [1.82, 2.24) is 0 Å². The number of phosphoric acid groups is 1. The molecule has 1 saturated heterocycles. The van der Waals surface area contributed by atoms with E-state index in [-0.39, 0.29) is 12.8 Å². The molecule has 0 aromatic carbocycles. The second kappa shape index (κ2) is 11.5. The topological polar surface area (TPSA) is 245 Å². The van der Waals surface area contributed by atoms with Gasteiger partial charge in [0.25, 0.3) is 0 Å². The first-order valence-electron chi connectivity index (χ1n) is 9.09. The van der Waals surface area contributed by atoms with Crippen LogP contribution in [0.5, 0.6) is 0 Å². The van der Waals surface area contributed by atoms with E-state index < -0.39 is 67.3 Å². The molecule has 7 atom stereocenters. The maximum Gasteiger partial charge on any atom is 0.476 e. The highest BCUT2D eigenvalue weighted by atomic mass is 31.3. The number of hydrogen-bond donors (Lipinski definition) is 7. The summed E-state index contributed by atoms with van der Waals surface area (Å²) in [5, 5.41) is 0. The largest absolute Gasteiger partial charge is 0.476 e. The molecule has 0 aliphatic carbocycles. The van der Waals surface area contributed by atoms with Crippen LogP contribution in [-0.4, -0.2) is 56.9 Å². The zero-order valence-electron chi connectivity index (χ0n) is 17.4. The second-order valence-corrected chi connectivity index (χ2v) is 17.3. The zero-order chi connectivity index (χ0) is 25.1. The standard InChI is InChI=1S/C8H20O11P4.C4H11O3P/c1-3-7-5-8(22(13,14)18-21(7,11)12)4-6(2)20(9,10)19-23(15,16)17;1-3-4(2)8(5,6)7/h6-8H,3-5H2,1-2H3,(H,9,10)(H,11,12)(H,13,14)(H2,15,16,17);4H,3H2,1-2H3,(H2,5,6,7). The summed E-state index contributed by atoms with van der Waals surface area (Å²) in [7, 11) is -22.6. The highest BCUT2D eigenvalue weighted by molar-refractivity contribution is 7.68. The summed E-state index contributed by atoms with van der Waals surface area (Å²) in [6, 6.07) is 0. The molecule has 7 N–H and O–H groups in total. The van der Waals surface area contributed by atoms with E-state index in [1.54, 1.807) is 20.8 Å². The van der Waals surface area contributed by atoms with Crippen LogP contribution < -0.4 is 0 Å². The van der Waals surface area contributed by atoms with E-state index >= 15 is 0 Å². The zero-order valence-corrected chi connectivity index (χ0v) is 21.8. The van der Waals surface area contributed by atoms with E-state index in [0.717, 1.165) is 6.92 Å².